The number of nitrogens with zero attached hydrogens (tertiary/aromatic N) is 4. The van der Waals surface area contributed by atoms with E-state index in [1.807, 2.05) is 17.5 Å². The lowest BCUT2D eigenvalue weighted by Gasteiger charge is -2.12. The minimum absolute atomic E-state index is 0.219. The van der Waals surface area contributed by atoms with Crippen molar-refractivity contribution in [3.63, 3.8) is 0 Å². The summed E-state index contributed by atoms with van der Waals surface area (Å²) in [4.78, 5) is 8.19. The average Bonchev–Trinajstić information content (AvgIpc) is 3.32. The van der Waals surface area contributed by atoms with Crippen molar-refractivity contribution in [1.82, 2.24) is 20.2 Å². The van der Waals surface area contributed by atoms with Crippen LogP contribution in [0, 0.1) is 0 Å². The van der Waals surface area contributed by atoms with Crippen molar-refractivity contribution in [2.45, 2.75) is 23.4 Å². The van der Waals surface area contributed by atoms with Gasteiger partial charge in [-0.15, -0.1) is 21.5 Å². The van der Waals surface area contributed by atoms with Crippen LogP contribution in [0.4, 0.5) is 13.2 Å². The molecule has 0 bridgehead atoms. The minimum Gasteiger partial charge on any atom is -0.419 e. The van der Waals surface area contributed by atoms with Crippen molar-refractivity contribution in [3.05, 3.63) is 53.5 Å². The maximum atomic E-state index is 13.1. The maximum absolute atomic E-state index is 13.1. The van der Waals surface area contributed by atoms with Crippen molar-refractivity contribution < 1.29 is 17.6 Å². The topological polar surface area (TPSA) is 64.7 Å². The number of thioether (sulfide) groups is 1. The highest BCUT2D eigenvalue weighted by atomic mass is 32.2. The fraction of sp³-hybridized carbons (Fsp3) is 0.176. The van der Waals surface area contributed by atoms with Crippen LogP contribution < -0.4 is 0 Å². The number of aromatic nitrogens is 4. The van der Waals surface area contributed by atoms with E-state index < -0.39 is 12.0 Å². The zero-order valence-electron chi connectivity index (χ0n) is 13.8. The Hall–Kier alpha value is -2.46. The van der Waals surface area contributed by atoms with Gasteiger partial charge in [-0.05, 0) is 24.4 Å². The molecule has 27 heavy (non-hydrogen) atoms. The Bertz CT molecular complexity index is 1080. The lowest BCUT2D eigenvalue weighted by atomic mass is 10.2. The van der Waals surface area contributed by atoms with Crippen molar-refractivity contribution in [2.75, 3.05) is 0 Å². The molecule has 4 rings (SSSR count). The number of rotatable bonds is 4. The van der Waals surface area contributed by atoms with Crippen LogP contribution in [-0.4, -0.2) is 20.2 Å². The number of hydrogen-bond donors (Lipinski definition) is 0. The standard InChI is InChI=1S/C17H11F3N4OS2/c1-9(13-23-24-14(25-13)12-7-4-8-26-12)27-15-10-5-2-3-6-11(10)21-16(22-15)17(18,19)20/h2-9H,1H3/t9-/m0/s1. The highest BCUT2D eigenvalue weighted by Gasteiger charge is 2.36. The van der Waals surface area contributed by atoms with E-state index >= 15 is 0 Å². The van der Waals surface area contributed by atoms with Crippen molar-refractivity contribution in [3.8, 4) is 10.8 Å². The first kappa shape index (κ1) is 17.9. The molecule has 0 fully saturated rings. The highest BCUT2D eigenvalue weighted by molar-refractivity contribution is 7.99. The summed E-state index contributed by atoms with van der Waals surface area (Å²) >= 11 is 2.59. The Balaban J connectivity index is 1.68. The van der Waals surface area contributed by atoms with Gasteiger partial charge in [0.2, 0.25) is 11.7 Å². The molecule has 0 saturated carbocycles. The second-order valence-electron chi connectivity index (χ2n) is 5.55. The minimum atomic E-state index is -4.63. The van der Waals surface area contributed by atoms with Crippen LogP contribution in [0.5, 0.6) is 0 Å². The normalized spacial score (nSPS) is 13.2. The molecule has 0 saturated heterocycles. The van der Waals surface area contributed by atoms with Gasteiger partial charge in [-0.2, -0.15) is 13.2 Å². The smallest absolute Gasteiger partial charge is 0.419 e. The molecule has 0 unspecified atom stereocenters. The molecule has 0 aliphatic heterocycles. The van der Waals surface area contributed by atoms with Crippen LogP contribution in [0.1, 0.15) is 23.9 Å². The van der Waals surface area contributed by atoms with Gasteiger partial charge in [0.05, 0.1) is 15.6 Å². The SMILES string of the molecule is C[C@H](Sc1nc(C(F)(F)F)nc2ccccc12)c1nnc(-c2cccs2)o1. The molecule has 0 aliphatic carbocycles. The van der Waals surface area contributed by atoms with E-state index in [-0.39, 0.29) is 15.8 Å². The molecular weight excluding hydrogens is 397 g/mol. The largest absolute Gasteiger partial charge is 0.451 e. The summed E-state index contributed by atoms with van der Waals surface area (Å²) in [6, 6.07) is 10.3. The van der Waals surface area contributed by atoms with Crippen LogP contribution in [0.3, 0.4) is 0 Å². The summed E-state index contributed by atoms with van der Waals surface area (Å²) in [6.07, 6.45) is -4.63. The molecule has 0 amide bonds. The van der Waals surface area contributed by atoms with E-state index in [0.29, 0.717) is 17.2 Å². The molecule has 4 aromatic rings. The second-order valence-corrected chi connectivity index (χ2v) is 7.83. The van der Waals surface area contributed by atoms with Gasteiger partial charge >= 0.3 is 6.18 Å². The Kier molecular flexibility index (Phi) is 4.60. The molecule has 0 spiro atoms. The summed E-state index contributed by atoms with van der Waals surface area (Å²) in [5.74, 6) is -0.462. The van der Waals surface area contributed by atoms with Gasteiger partial charge in [0.25, 0.3) is 5.89 Å². The van der Waals surface area contributed by atoms with Gasteiger partial charge in [0, 0.05) is 5.39 Å². The monoisotopic (exact) mass is 408 g/mol. The molecule has 1 aromatic carbocycles. The van der Waals surface area contributed by atoms with Gasteiger partial charge in [-0.1, -0.05) is 36.0 Å². The predicted molar refractivity (Wildman–Crippen MR) is 96.4 cm³/mol. The molecule has 0 N–H and O–H groups in total. The molecule has 0 radical (unpaired) electrons. The van der Waals surface area contributed by atoms with Crippen molar-refractivity contribution in [2.24, 2.45) is 0 Å². The van der Waals surface area contributed by atoms with Gasteiger partial charge in [-0.3, -0.25) is 0 Å². The van der Waals surface area contributed by atoms with Crippen LogP contribution in [-0.2, 0) is 6.18 Å². The summed E-state index contributed by atoms with van der Waals surface area (Å²) in [7, 11) is 0. The molecule has 5 nitrogen and oxygen atoms in total. The third-order valence-corrected chi connectivity index (χ3v) is 5.58. The molecule has 3 heterocycles. The van der Waals surface area contributed by atoms with E-state index in [1.54, 1.807) is 25.1 Å². The van der Waals surface area contributed by atoms with E-state index in [9.17, 15) is 13.2 Å². The Morgan fingerprint density at radius 3 is 2.63 bits per heavy atom. The summed E-state index contributed by atoms with van der Waals surface area (Å²) in [6.45, 7) is 1.78. The molecular formula is C17H11F3N4OS2. The lowest BCUT2D eigenvalue weighted by molar-refractivity contribution is -0.145. The first-order valence-electron chi connectivity index (χ1n) is 7.80. The van der Waals surface area contributed by atoms with Gasteiger partial charge in [-0.25, -0.2) is 9.97 Å². The first-order valence-corrected chi connectivity index (χ1v) is 9.55. The Labute approximate surface area is 159 Å². The number of para-hydroxylation sites is 1. The number of benzene rings is 1. The zero-order valence-corrected chi connectivity index (χ0v) is 15.4. The number of fused-ring (bicyclic) bond motifs is 1. The first-order chi connectivity index (χ1) is 12.9. The summed E-state index contributed by atoms with van der Waals surface area (Å²) in [5, 5.41) is 10.3. The van der Waals surface area contributed by atoms with Gasteiger partial charge < -0.3 is 4.42 Å². The number of hydrogen-bond acceptors (Lipinski definition) is 7. The molecule has 1 atom stereocenters. The average molecular weight is 408 g/mol. The summed E-state index contributed by atoms with van der Waals surface area (Å²) < 4.78 is 45.1. The number of alkyl halides is 3. The van der Waals surface area contributed by atoms with Crippen LogP contribution in [0.25, 0.3) is 21.7 Å². The Morgan fingerprint density at radius 2 is 1.89 bits per heavy atom. The molecule has 138 valence electrons. The number of thiophene rings is 1. The Morgan fingerprint density at radius 1 is 1.07 bits per heavy atom. The van der Waals surface area contributed by atoms with Gasteiger partial charge in [0.1, 0.15) is 5.03 Å². The van der Waals surface area contributed by atoms with E-state index in [2.05, 4.69) is 20.2 Å². The summed E-state index contributed by atoms with van der Waals surface area (Å²) in [5.41, 5.74) is 0.235. The third-order valence-electron chi connectivity index (χ3n) is 3.63. The van der Waals surface area contributed by atoms with Crippen LogP contribution in [0.15, 0.2) is 51.2 Å². The third kappa shape index (κ3) is 3.67. The number of halogens is 3. The van der Waals surface area contributed by atoms with Crippen LogP contribution in [0.2, 0.25) is 0 Å². The van der Waals surface area contributed by atoms with Crippen LogP contribution >= 0.6 is 23.1 Å². The van der Waals surface area contributed by atoms with E-state index in [1.165, 1.54) is 17.4 Å². The quantitative estimate of drug-likeness (QED) is 0.323. The fourth-order valence-electron chi connectivity index (χ4n) is 2.38. The predicted octanol–water partition coefficient (Wildman–Crippen LogP) is 5.61. The maximum Gasteiger partial charge on any atom is 0.451 e. The van der Waals surface area contributed by atoms with Crippen molar-refractivity contribution >= 4 is 34.0 Å². The highest BCUT2D eigenvalue weighted by Crippen LogP contribution is 2.39. The van der Waals surface area contributed by atoms with E-state index in [4.69, 9.17) is 4.42 Å². The van der Waals surface area contributed by atoms with Crippen molar-refractivity contribution in [1.29, 1.82) is 0 Å². The zero-order chi connectivity index (χ0) is 19.0. The molecule has 0 aliphatic rings. The van der Waals surface area contributed by atoms with Gasteiger partial charge in [0.15, 0.2) is 0 Å². The lowest BCUT2D eigenvalue weighted by Crippen LogP contribution is -2.12. The molecule has 3 aromatic heterocycles. The second kappa shape index (κ2) is 6.93. The van der Waals surface area contributed by atoms with E-state index in [0.717, 1.165) is 16.6 Å². The fourth-order valence-corrected chi connectivity index (χ4v) is 3.99. The molecule has 10 heteroatoms.